The van der Waals surface area contributed by atoms with E-state index < -0.39 is 6.04 Å². The average molecular weight is 566 g/mol. The van der Waals surface area contributed by atoms with Crippen LogP contribution in [0.5, 0.6) is 0 Å². The number of benzene rings is 4. The Labute approximate surface area is 238 Å². The third-order valence-electron chi connectivity index (χ3n) is 6.20. The van der Waals surface area contributed by atoms with Crippen LogP contribution >= 0.6 is 34.8 Å². The van der Waals surface area contributed by atoms with Gasteiger partial charge in [-0.15, -0.1) is 0 Å². The molecular formula is C31H27Cl3N2O2. The van der Waals surface area contributed by atoms with Crippen LogP contribution in [0.4, 0.5) is 0 Å². The normalized spacial score (nSPS) is 11.6. The minimum Gasteiger partial charge on any atom is -0.350 e. The molecule has 0 saturated carbocycles. The predicted octanol–water partition coefficient (Wildman–Crippen LogP) is 7.67. The van der Waals surface area contributed by atoms with Gasteiger partial charge in [0.2, 0.25) is 11.8 Å². The lowest BCUT2D eigenvalue weighted by Crippen LogP contribution is -2.43. The van der Waals surface area contributed by atoms with Crippen molar-refractivity contribution >= 4 is 46.6 Å². The molecule has 4 aromatic rings. The van der Waals surface area contributed by atoms with Gasteiger partial charge in [-0.2, -0.15) is 0 Å². The molecule has 0 radical (unpaired) electrons. The molecule has 0 heterocycles. The lowest BCUT2D eigenvalue weighted by molar-refractivity contribution is -0.141. The first-order valence-electron chi connectivity index (χ1n) is 12.2. The molecule has 1 N–H and O–H groups in total. The first kappa shape index (κ1) is 27.7. The first-order chi connectivity index (χ1) is 18.4. The lowest BCUT2D eigenvalue weighted by Gasteiger charge is -2.32. The largest absolute Gasteiger partial charge is 0.350 e. The summed E-state index contributed by atoms with van der Waals surface area (Å²) in [4.78, 5) is 29.2. The zero-order chi connectivity index (χ0) is 26.9. The van der Waals surface area contributed by atoms with Crippen LogP contribution in [0, 0.1) is 0 Å². The highest BCUT2D eigenvalue weighted by Crippen LogP contribution is 2.27. The molecule has 1 atom stereocenters. The molecule has 0 aromatic heterocycles. The van der Waals surface area contributed by atoms with Gasteiger partial charge in [0, 0.05) is 34.6 Å². The van der Waals surface area contributed by atoms with E-state index in [9.17, 15) is 9.59 Å². The zero-order valence-corrected chi connectivity index (χ0v) is 22.9. The van der Waals surface area contributed by atoms with Crippen molar-refractivity contribution in [1.82, 2.24) is 10.2 Å². The third-order valence-corrected chi connectivity index (χ3v) is 7.04. The van der Waals surface area contributed by atoms with Crippen LogP contribution in [0.25, 0.3) is 0 Å². The molecule has 4 nitrogen and oxygen atoms in total. The quantitative estimate of drug-likeness (QED) is 0.215. The molecule has 0 spiro atoms. The summed E-state index contributed by atoms with van der Waals surface area (Å²) in [6.45, 7) is 0.449. The SMILES string of the molecule is O=C(NCc1ccc(Cl)cc1Cl)[C@@H](c1ccccc1)N(Cc1ccc(Cl)cc1)C(=O)CCc1ccccc1. The smallest absolute Gasteiger partial charge is 0.247 e. The van der Waals surface area contributed by atoms with Gasteiger partial charge >= 0.3 is 0 Å². The van der Waals surface area contributed by atoms with Gasteiger partial charge in [-0.3, -0.25) is 9.59 Å². The Kier molecular flexibility index (Phi) is 9.83. The number of nitrogens with zero attached hydrogens (tertiary/aromatic N) is 1. The van der Waals surface area contributed by atoms with Crippen LogP contribution in [-0.2, 0) is 29.1 Å². The van der Waals surface area contributed by atoms with E-state index in [4.69, 9.17) is 34.8 Å². The number of hydrogen-bond acceptors (Lipinski definition) is 2. The van der Waals surface area contributed by atoms with Crippen molar-refractivity contribution in [2.45, 2.75) is 32.0 Å². The highest BCUT2D eigenvalue weighted by Gasteiger charge is 2.31. The highest BCUT2D eigenvalue weighted by molar-refractivity contribution is 6.35. The van der Waals surface area contributed by atoms with Gasteiger partial charge in [0.05, 0.1) is 0 Å². The van der Waals surface area contributed by atoms with Crippen LogP contribution in [0.15, 0.2) is 103 Å². The molecule has 7 heteroatoms. The summed E-state index contributed by atoms with van der Waals surface area (Å²) in [6, 6.07) is 30.8. The van der Waals surface area contributed by atoms with E-state index in [2.05, 4.69) is 5.32 Å². The summed E-state index contributed by atoms with van der Waals surface area (Å²) in [5.41, 5.74) is 3.38. The Morgan fingerprint density at radius 2 is 1.37 bits per heavy atom. The van der Waals surface area contributed by atoms with Crippen molar-refractivity contribution in [2.75, 3.05) is 0 Å². The van der Waals surface area contributed by atoms with Crippen LogP contribution in [0.3, 0.4) is 0 Å². The van der Waals surface area contributed by atoms with E-state index in [-0.39, 0.29) is 31.3 Å². The Hall–Kier alpha value is -3.31. The Morgan fingerprint density at radius 1 is 0.737 bits per heavy atom. The first-order valence-corrected chi connectivity index (χ1v) is 13.4. The van der Waals surface area contributed by atoms with Crippen molar-refractivity contribution in [3.05, 3.63) is 140 Å². The number of carbonyl (C=O) groups is 2. The summed E-state index contributed by atoms with van der Waals surface area (Å²) in [5, 5.41) is 4.57. The Bertz CT molecular complexity index is 1360. The molecule has 0 aliphatic heterocycles. The zero-order valence-electron chi connectivity index (χ0n) is 20.6. The second-order valence-corrected chi connectivity index (χ2v) is 10.2. The average Bonchev–Trinajstić information content (AvgIpc) is 2.93. The van der Waals surface area contributed by atoms with E-state index in [0.717, 1.165) is 16.7 Å². The topological polar surface area (TPSA) is 49.4 Å². The number of halogens is 3. The van der Waals surface area contributed by atoms with Gasteiger partial charge in [0.15, 0.2) is 0 Å². The van der Waals surface area contributed by atoms with Gasteiger partial charge in [0.1, 0.15) is 6.04 Å². The molecule has 0 saturated heterocycles. The van der Waals surface area contributed by atoms with Crippen LogP contribution < -0.4 is 5.32 Å². The predicted molar refractivity (Wildman–Crippen MR) is 154 cm³/mol. The highest BCUT2D eigenvalue weighted by atomic mass is 35.5. The molecular weight excluding hydrogens is 539 g/mol. The second-order valence-electron chi connectivity index (χ2n) is 8.90. The standard InChI is InChI=1S/C31H27Cl3N2O2/c32-26-15-11-23(12-16-26)21-36(29(37)18-13-22-7-3-1-4-8-22)30(24-9-5-2-6-10-24)31(38)35-20-25-14-17-27(33)19-28(25)34/h1-12,14-17,19,30H,13,18,20-21H2,(H,35,38)/t30-/m1/s1. The molecule has 0 aliphatic carbocycles. The molecule has 0 unspecified atom stereocenters. The molecule has 0 bridgehead atoms. The molecule has 38 heavy (non-hydrogen) atoms. The third kappa shape index (κ3) is 7.61. The molecule has 194 valence electrons. The monoisotopic (exact) mass is 564 g/mol. The maximum Gasteiger partial charge on any atom is 0.247 e. The number of amides is 2. The number of nitrogens with one attached hydrogen (secondary N) is 1. The molecule has 4 aromatic carbocycles. The fraction of sp³-hybridized carbons (Fsp3) is 0.161. The van der Waals surface area contributed by atoms with Gasteiger partial charge < -0.3 is 10.2 Å². The molecule has 0 fully saturated rings. The van der Waals surface area contributed by atoms with Crippen LogP contribution in [0.2, 0.25) is 15.1 Å². The maximum atomic E-state index is 13.8. The summed E-state index contributed by atoms with van der Waals surface area (Å²) >= 11 is 18.4. The number of carbonyl (C=O) groups excluding carboxylic acids is 2. The van der Waals surface area contributed by atoms with Gasteiger partial charge in [-0.05, 0) is 52.9 Å². The van der Waals surface area contributed by atoms with E-state index in [1.807, 2.05) is 72.8 Å². The fourth-order valence-corrected chi connectivity index (χ4v) is 4.80. The van der Waals surface area contributed by atoms with Crippen molar-refractivity contribution in [3.8, 4) is 0 Å². The molecule has 4 rings (SSSR count). The van der Waals surface area contributed by atoms with Crippen LogP contribution in [-0.4, -0.2) is 16.7 Å². The van der Waals surface area contributed by atoms with E-state index in [1.165, 1.54) is 0 Å². The number of aryl methyl sites for hydroxylation is 1. The second kappa shape index (κ2) is 13.5. The van der Waals surface area contributed by atoms with E-state index >= 15 is 0 Å². The van der Waals surface area contributed by atoms with Crippen molar-refractivity contribution in [3.63, 3.8) is 0 Å². The number of hydrogen-bond donors (Lipinski definition) is 1. The number of rotatable bonds is 10. The maximum absolute atomic E-state index is 13.8. The van der Waals surface area contributed by atoms with Crippen molar-refractivity contribution in [2.24, 2.45) is 0 Å². The summed E-state index contributed by atoms with van der Waals surface area (Å²) in [6.07, 6.45) is 0.831. The van der Waals surface area contributed by atoms with Crippen molar-refractivity contribution in [1.29, 1.82) is 0 Å². The Morgan fingerprint density at radius 3 is 2.03 bits per heavy atom. The lowest BCUT2D eigenvalue weighted by atomic mass is 10.0. The fourth-order valence-electron chi connectivity index (χ4n) is 4.20. The minimum atomic E-state index is -0.846. The minimum absolute atomic E-state index is 0.127. The summed E-state index contributed by atoms with van der Waals surface area (Å²) in [5.74, 6) is -0.429. The summed E-state index contributed by atoms with van der Waals surface area (Å²) < 4.78 is 0. The molecule has 0 aliphatic rings. The van der Waals surface area contributed by atoms with Crippen LogP contribution in [0.1, 0.15) is 34.7 Å². The van der Waals surface area contributed by atoms with E-state index in [1.54, 1.807) is 35.2 Å². The van der Waals surface area contributed by atoms with Gasteiger partial charge in [0.25, 0.3) is 0 Å². The van der Waals surface area contributed by atoms with Crippen molar-refractivity contribution < 1.29 is 9.59 Å². The summed E-state index contributed by atoms with van der Waals surface area (Å²) in [7, 11) is 0. The Balaban J connectivity index is 1.63. The molecule has 2 amide bonds. The van der Waals surface area contributed by atoms with Gasteiger partial charge in [-0.1, -0.05) is 114 Å². The van der Waals surface area contributed by atoms with Gasteiger partial charge in [-0.25, -0.2) is 0 Å². The van der Waals surface area contributed by atoms with E-state index in [0.29, 0.717) is 27.1 Å².